The lowest BCUT2D eigenvalue weighted by molar-refractivity contribution is -0.132. The molecule has 0 aliphatic carbocycles. The second-order valence-electron chi connectivity index (χ2n) is 5.04. The van der Waals surface area contributed by atoms with Crippen LogP contribution in [0.3, 0.4) is 0 Å². The van der Waals surface area contributed by atoms with Crippen LogP contribution in [0.1, 0.15) is 26.7 Å². The highest BCUT2D eigenvalue weighted by Gasteiger charge is 2.40. The maximum atomic E-state index is 11.8. The predicted molar refractivity (Wildman–Crippen MR) is 61.3 cm³/mol. The van der Waals surface area contributed by atoms with Crippen molar-refractivity contribution >= 4 is 11.8 Å². The molecule has 0 radical (unpaired) electrons. The summed E-state index contributed by atoms with van der Waals surface area (Å²) in [6.07, 6.45) is 1.11. The van der Waals surface area contributed by atoms with Gasteiger partial charge in [-0.05, 0) is 25.8 Å². The van der Waals surface area contributed by atoms with Crippen LogP contribution in [-0.4, -0.2) is 36.3 Å². The molecule has 1 rings (SSSR count). The Morgan fingerprint density at radius 2 is 2.12 bits per heavy atom. The minimum Gasteiger partial charge on any atom is -0.369 e. The van der Waals surface area contributed by atoms with Gasteiger partial charge in [-0.3, -0.25) is 9.59 Å². The summed E-state index contributed by atoms with van der Waals surface area (Å²) in [4.78, 5) is 24.8. The fourth-order valence-corrected chi connectivity index (χ4v) is 1.89. The highest BCUT2D eigenvalue weighted by Crippen LogP contribution is 2.29. The molecule has 4 N–H and O–H groups in total. The summed E-state index contributed by atoms with van der Waals surface area (Å²) in [6.45, 7) is 5.33. The molecule has 0 spiro atoms. The molecule has 1 aliphatic heterocycles. The van der Waals surface area contributed by atoms with Gasteiger partial charge in [-0.2, -0.15) is 0 Å². The molecule has 2 unspecified atom stereocenters. The van der Waals surface area contributed by atoms with Gasteiger partial charge in [-0.15, -0.1) is 0 Å². The van der Waals surface area contributed by atoms with Crippen molar-refractivity contribution in [3.05, 3.63) is 0 Å². The number of primary amides is 1. The van der Waals surface area contributed by atoms with Gasteiger partial charge in [0.25, 0.3) is 0 Å². The number of hydrogen-bond acceptors (Lipinski definition) is 3. The third-order valence-corrected chi connectivity index (χ3v) is 3.35. The topological polar surface area (TPSA) is 89.4 Å². The Kier molecular flexibility index (Phi) is 3.91. The summed E-state index contributed by atoms with van der Waals surface area (Å²) in [5.74, 6) is -0.0643. The molecule has 92 valence electrons. The summed E-state index contributed by atoms with van der Waals surface area (Å²) in [6, 6.07) is 0. The first-order valence-electron chi connectivity index (χ1n) is 5.67. The smallest absolute Gasteiger partial charge is 0.225 e. The van der Waals surface area contributed by atoms with E-state index in [9.17, 15) is 9.59 Å². The van der Waals surface area contributed by atoms with Gasteiger partial charge in [-0.1, -0.05) is 6.92 Å². The van der Waals surface area contributed by atoms with Crippen LogP contribution in [0.25, 0.3) is 0 Å². The summed E-state index contributed by atoms with van der Waals surface area (Å²) in [5.41, 5.74) is 10.2. The van der Waals surface area contributed by atoms with Crippen molar-refractivity contribution < 1.29 is 9.59 Å². The summed E-state index contributed by atoms with van der Waals surface area (Å²) in [7, 11) is 0. The van der Waals surface area contributed by atoms with E-state index in [4.69, 9.17) is 11.5 Å². The highest BCUT2D eigenvalue weighted by atomic mass is 16.2. The molecule has 1 aliphatic rings. The lowest BCUT2D eigenvalue weighted by Gasteiger charge is -2.22. The number of carbonyl (C=O) groups excluding carboxylic acids is 2. The molecule has 0 saturated carbocycles. The average molecular weight is 227 g/mol. The third kappa shape index (κ3) is 2.72. The van der Waals surface area contributed by atoms with Gasteiger partial charge in [-0.25, -0.2) is 0 Å². The molecule has 2 atom stereocenters. The number of rotatable bonds is 4. The van der Waals surface area contributed by atoms with E-state index < -0.39 is 5.41 Å². The maximum absolute atomic E-state index is 11.8. The lowest BCUT2D eigenvalue weighted by Crippen LogP contribution is -2.39. The molecule has 2 amide bonds. The largest absolute Gasteiger partial charge is 0.369 e. The van der Waals surface area contributed by atoms with Crippen LogP contribution in [0.2, 0.25) is 0 Å². The fraction of sp³-hybridized carbons (Fsp3) is 0.818. The van der Waals surface area contributed by atoms with Crippen LogP contribution in [-0.2, 0) is 9.59 Å². The van der Waals surface area contributed by atoms with Crippen molar-refractivity contribution in [1.82, 2.24) is 4.90 Å². The summed E-state index contributed by atoms with van der Waals surface area (Å²) >= 11 is 0. The normalized spacial score (nSPS) is 26.8. The number of likely N-dealkylation sites (tertiary alicyclic amines) is 1. The van der Waals surface area contributed by atoms with Gasteiger partial charge >= 0.3 is 0 Å². The van der Waals surface area contributed by atoms with Crippen LogP contribution in [0, 0.1) is 11.3 Å². The molecule has 0 aromatic carbocycles. The Balaban J connectivity index is 2.53. The molecule has 0 bridgehead atoms. The van der Waals surface area contributed by atoms with Crippen LogP contribution in [0.5, 0.6) is 0 Å². The fourth-order valence-electron chi connectivity index (χ4n) is 1.89. The van der Waals surface area contributed by atoms with Crippen molar-refractivity contribution in [3.63, 3.8) is 0 Å². The minimum atomic E-state index is -0.554. The van der Waals surface area contributed by atoms with Crippen molar-refractivity contribution in [3.8, 4) is 0 Å². The van der Waals surface area contributed by atoms with Crippen LogP contribution < -0.4 is 11.5 Å². The Hall–Kier alpha value is -1.10. The van der Waals surface area contributed by atoms with Crippen LogP contribution in [0.15, 0.2) is 0 Å². The molecule has 16 heavy (non-hydrogen) atoms. The maximum Gasteiger partial charge on any atom is 0.225 e. The van der Waals surface area contributed by atoms with Crippen LogP contribution >= 0.6 is 0 Å². The van der Waals surface area contributed by atoms with Crippen molar-refractivity contribution in [2.75, 3.05) is 19.6 Å². The molecule has 0 aromatic rings. The predicted octanol–water partition coefficient (Wildman–Crippen LogP) is -0.305. The minimum absolute atomic E-state index is 0.0722. The van der Waals surface area contributed by atoms with Crippen molar-refractivity contribution in [2.45, 2.75) is 26.7 Å². The first kappa shape index (κ1) is 13.0. The van der Waals surface area contributed by atoms with E-state index in [2.05, 4.69) is 0 Å². The van der Waals surface area contributed by atoms with E-state index in [1.54, 1.807) is 4.90 Å². The standard InChI is InChI=1S/C11H21N3O2/c1-8(6-12)5-9(15)14-4-3-11(2,7-14)10(13)16/h8H,3-7,12H2,1-2H3,(H2,13,16). The molecular formula is C11H21N3O2. The number of amides is 2. The van der Waals surface area contributed by atoms with E-state index in [0.717, 1.165) is 0 Å². The van der Waals surface area contributed by atoms with E-state index in [1.165, 1.54) is 0 Å². The molecule has 5 heteroatoms. The van der Waals surface area contributed by atoms with Gasteiger partial charge in [0.2, 0.25) is 11.8 Å². The number of hydrogen-bond donors (Lipinski definition) is 2. The molecule has 1 fully saturated rings. The number of carbonyl (C=O) groups is 2. The second kappa shape index (κ2) is 4.82. The number of nitrogens with two attached hydrogens (primary N) is 2. The monoisotopic (exact) mass is 227 g/mol. The Morgan fingerprint density at radius 3 is 2.56 bits per heavy atom. The molecule has 1 saturated heterocycles. The average Bonchev–Trinajstić information content (AvgIpc) is 2.62. The summed E-state index contributed by atoms with van der Waals surface area (Å²) < 4.78 is 0. The van der Waals surface area contributed by atoms with Gasteiger partial charge in [0, 0.05) is 19.5 Å². The van der Waals surface area contributed by atoms with E-state index >= 15 is 0 Å². The van der Waals surface area contributed by atoms with Gasteiger partial charge in [0.15, 0.2) is 0 Å². The van der Waals surface area contributed by atoms with Gasteiger partial charge in [0.05, 0.1) is 5.41 Å². The first-order valence-corrected chi connectivity index (χ1v) is 5.67. The van der Waals surface area contributed by atoms with E-state index in [0.29, 0.717) is 32.5 Å². The summed E-state index contributed by atoms with van der Waals surface area (Å²) in [5, 5.41) is 0. The van der Waals surface area contributed by atoms with Crippen molar-refractivity contribution in [1.29, 1.82) is 0 Å². The lowest BCUT2D eigenvalue weighted by atomic mass is 9.89. The third-order valence-electron chi connectivity index (χ3n) is 3.35. The Bertz CT molecular complexity index is 293. The first-order chi connectivity index (χ1) is 7.39. The highest BCUT2D eigenvalue weighted by molar-refractivity contribution is 5.83. The zero-order chi connectivity index (χ0) is 12.3. The molecule has 0 aromatic heterocycles. The molecular weight excluding hydrogens is 206 g/mol. The quantitative estimate of drug-likeness (QED) is 0.690. The number of nitrogens with zero attached hydrogens (tertiary/aromatic N) is 1. The zero-order valence-electron chi connectivity index (χ0n) is 10.0. The van der Waals surface area contributed by atoms with Gasteiger partial charge < -0.3 is 16.4 Å². The van der Waals surface area contributed by atoms with Gasteiger partial charge in [0.1, 0.15) is 0 Å². The second-order valence-corrected chi connectivity index (χ2v) is 5.04. The molecule has 5 nitrogen and oxygen atoms in total. The van der Waals surface area contributed by atoms with Crippen molar-refractivity contribution in [2.24, 2.45) is 22.8 Å². The van der Waals surface area contributed by atoms with E-state index in [1.807, 2.05) is 13.8 Å². The van der Waals surface area contributed by atoms with E-state index in [-0.39, 0.29) is 17.7 Å². The molecule has 1 heterocycles. The van der Waals surface area contributed by atoms with Crippen LogP contribution in [0.4, 0.5) is 0 Å². The zero-order valence-corrected chi connectivity index (χ0v) is 10.0. The SMILES string of the molecule is CC(CN)CC(=O)N1CCC(C)(C(N)=O)C1. The Labute approximate surface area is 96.1 Å². The Morgan fingerprint density at radius 1 is 1.50 bits per heavy atom.